The van der Waals surface area contributed by atoms with Gasteiger partial charge in [0.1, 0.15) is 18.2 Å². The molecule has 1 aliphatic rings. The summed E-state index contributed by atoms with van der Waals surface area (Å²) < 4.78 is 27.8. The Labute approximate surface area is 189 Å². The summed E-state index contributed by atoms with van der Waals surface area (Å²) in [4.78, 5) is 4.30. The fourth-order valence-corrected chi connectivity index (χ4v) is 4.42. The van der Waals surface area contributed by atoms with Crippen molar-refractivity contribution in [2.24, 2.45) is 0 Å². The van der Waals surface area contributed by atoms with Gasteiger partial charge in [0.25, 0.3) is 0 Å². The van der Waals surface area contributed by atoms with E-state index in [0.717, 1.165) is 42.4 Å². The van der Waals surface area contributed by atoms with Crippen molar-refractivity contribution < 1.29 is 13.5 Å². The lowest BCUT2D eigenvalue weighted by atomic mass is 10.1. The van der Waals surface area contributed by atoms with Crippen LogP contribution in [0.15, 0.2) is 47.5 Å². The molecule has 0 bridgehead atoms. The van der Waals surface area contributed by atoms with Crippen LogP contribution in [0.4, 0.5) is 10.2 Å². The van der Waals surface area contributed by atoms with E-state index in [1.165, 1.54) is 6.07 Å². The maximum atomic E-state index is 13.9. The van der Waals surface area contributed by atoms with Crippen molar-refractivity contribution in [1.82, 2.24) is 20.1 Å². The lowest BCUT2D eigenvalue weighted by Gasteiger charge is -2.22. The topological polar surface area (TPSA) is 91.1 Å². The Bertz CT molecular complexity index is 1260. The summed E-state index contributed by atoms with van der Waals surface area (Å²) in [7, 11) is 0. The summed E-state index contributed by atoms with van der Waals surface area (Å²) in [6, 6.07) is 4.98. The number of nitrogens with zero attached hydrogens (tertiary/aromatic N) is 3. The van der Waals surface area contributed by atoms with E-state index in [1.54, 1.807) is 31.5 Å². The third-order valence-corrected chi connectivity index (χ3v) is 6.31. The van der Waals surface area contributed by atoms with Gasteiger partial charge >= 0.3 is 0 Å². The number of benzene rings is 1. The Morgan fingerprint density at radius 2 is 2.12 bits per heavy atom. The highest BCUT2D eigenvalue weighted by Gasteiger charge is 2.22. The highest BCUT2D eigenvalue weighted by molar-refractivity contribution is 6.31. The van der Waals surface area contributed by atoms with Gasteiger partial charge < -0.3 is 20.2 Å². The molecule has 0 amide bonds. The highest BCUT2D eigenvalue weighted by Crippen LogP contribution is 2.40. The van der Waals surface area contributed by atoms with Crippen LogP contribution in [-0.2, 0) is 0 Å². The van der Waals surface area contributed by atoms with Gasteiger partial charge in [-0.05, 0) is 38.9 Å². The number of hydrogen-bond donors (Lipinski definition) is 2. The summed E-state index contributed by atoms with van der Waals surface area (Å²) in [5, 5.41) is 8.72. The zero-order chi connectivity index (χ0) is 22.2. The minimum absolute atomic E-state index is 0.0177. The first kappa shape index (κ1) is 20.8. The molecule has 1 unspecified atom stereocenters. The number of nitrogens with two attached hydrogens (primary N) is 1. The van der Waals surface area contributed by atoms with Crippen molar-refractivity contribution in [3.63, 3.8) is 0 Å². The molecule has 4 heterocycles. The number of furan rings is 1. The minimum Gasteiger partial charge on any atom is -0.478 e. The second kappa shape index (κ2) is 8.44. The third-order valence-electron chi connectivity index (χ3n) is 5.91. The fourth-order valence-electron chi connectivity index (χ4n) is 4.14. The molecular weight excluding hydrogens is 433 g/mol. The average molecular weight is 456 g/mol. The van der Waals surface area contributed by atoms with E-state index < -0.39 is 11.9 Å². The molecule has 1 saturated heterocycles. The van der Waals surface area contributed by atoms with Crippen LogP contribution in [0.2, 0.25) is 5.02 Å². The van der Waals surface area contributed by atoms with Crippen LogP contribution in [0.1, 0.15) is 37.5 Å². The summed E-state index contributed by atoms with van der Waals surface area (Å²) in [6.45, 7) is 3.75. The van der Waals surface area contributed by atoms with Crippen molar-refractivity contribution in [3.8, 4) is 16.9 Å². The first-order valence-electron chi connectivity index (χ1n) is 10.5. The van der Waals surface area contributed by atoms with Crippen LogP contribution in [-0.4, -0.2) is 27.9 Å². The number of pyridine rings is 1. The molecule has 3 aromatic heterocycles. The lowest BCUT2D eigenvalue weighted by Crippen LogP contribution is -2.29. The van der Waals surface area contributed by atoms with Crippen molar-refractivity contribution in [3.05, 3.63) is 59.5 Å². The predicted octanol–water partition coefficient (Wildman–Crippen LogP) is 5.13. The van der Waals surface area contributed by atoms with E-state index in [1.807, 2.05) is 17.1 Å². The number of rotatable bonds is 5. The van der Waals surface area contributed by atoms with Gasteiger partial charge in [-0.15, -0.1) is 0 Å². The SMILES string of the molecule is CC(Oc1c(N)ncc2c(-c3cnn(C4CCNCC4)c3)coc12)c1cccc(F)c1Cl. The van der Waals surface area contributed by atoms with E-state index in [-0.39, 0.29) is 10.8 Å². The largest absolute Gasteiger partial charge is 0.478 e. The van der Waals surface area contributed by atoms with Gasteiger partial charge in [-0.3, -0.25) is 4.68 Å². The number of ether oxygens (including phenoxy) is 1. The van der Waals surface area contributed by atoms with Crippen molar-refractivity contribution in [2.75, 3.05) is 18.8 Å². The van der Waals surface area contributed by atoms with E-state index in [2.05, 4.69) is 15.4 Å². The molecule has 0 spiro atoms. The van der Waals surface area contributed by atoms with Gasteiger partial charge in [0.15, 0.2) is 11.4 Å². The summed E-state index contributed by atoms with van der Waals surface area (Å²) >= 11 is 6.12. The summed E-state index contributed by atoms with van der Waals surface area (Å²) in [5.41, 5.74) is 8.88. The molecule has 1 aliphatic heterocycles. The van der Waals surface area contributed by atoms with Crippen molar-refractivity contribution in [2.45, 2.75) is 31.9 Å². The van der Waals surface area contributed by atoms with Crippen LogP contribution in [0.5, 0.6) is 5.75 Å². The molecule has 1 fully saturated rings. The van der Waals surface area contributed by atoms with Crippen LogP contribution in [0.25, 0.3) is 22.1 Å². The van der Waals surface area contributed by atoms with E-state index in [0.29, 0.717) is 22.9 Å². The van der Waals surface area contributed by atoms with E-state index >= 15 is 0 Å². The van der Waals surface area contributed by atoms with Gasteiger partial charge in [-0.25, -0.2) is 9.37 Å². The number of fused-ring (bicyclic) bond motifs is 1. The van der Waals surface area contributed by atoms with Crippen LogP contribution >= 0.6 is 11.6 Å². The van der Waals surface area contributed by atoms with Crippen LogP contribution in [0, 0.1) is 5.82 Å². The minimum atomic E-state index is -0.566. The molecule has 0 radical (unpaired) electrons. The number of piperidine rings is 1. The number of anilines is 1. The van der Waals surface area contributed by atoms with E-state index in [9.17, 15) is 4.39 Å². The standard InChI is InChI=1S/C23H23ClFN5O2/c1-13(16-3-2-4-19(25)20(16)24)32-22-21-17(10-28-23(22)26)18(12-31-21)14-9-29-30(11-14)15-5-7-27-8-6-15/h2-4,9-13,15,27H,5-8H2,1H3,(H2,26,28). The van der Waals surface area contributed by atoms with Gasteiger partial charge in [-0.1, -0.05) is 23.7 Å². The van der Waals surface area contributed by atoms with Crippen LogP contribution < -0.4 is 15.8 Å². The first-order chi connectivity index (χ1) is 15.5. The number of nitrogen functional groups attached to an aromatic ring is 1. The molecule has 7 nitrogen and oxygen atoms in total. The average Bonchev–Trinajstić information content (AvgIpc) is 3.45. The highest BCUT2D eigenvalue weighted by atomic mass is 35.5. The second-order valence-electron chi connectivity index (χ2n) is 7.96. The molecule has 0 saturated carbocycles. The Morgan fingerprint density at radius 3 is 2.94 bits per heavy atom. The molecule has 166 valence electrons. The van der Waals surface area contributed by atoms with Gasteiger partial charge in [0.05, 0.1) is 22.6 Å². The number of halogens is 2. The predicted molar refractivity (Wildman–Crippen MR) is 121 cm³/mol. The van der Waals surface area contributed by atoms with Crippen molar-refractivity contribution >= 4 is 28.4 Å². The molecule has 1 aromatic carbocycles. The normalized spacial score (nSPS) is 15.8. The second-order valence-corrected chi connectivity index (χ2v) is 8.34. The molecule has 5 rings (SSSR count). The first-order valence-corrected chi connectivity index (χ1v) is 10.9. The summed E-state index contributed by atoms with van der Waals surface area (Å²) in [5.74, 6) is -0.0227. The van der Waals surface area contributed by atoms with Gasteiger partial charge in [-0.2, -0.15) is 5.10 Å². The molecule has 32 heavy (non-hydrogen) atoms. The quantitative estimate of drug-likeness (QED) is 0.433. The monoisotopic (exact) mass is 455 g/mol. The molecule has 9 heteroatoms. The maximum Gasteiger partial charge on any atom is 0.205 e. The van der Waals surface area contributed by atoms with Gasteiger partial charge in [0.2, 0.25) is 5.75 Å². The Kier molecular flexibility index (Phi) is 5.48. The number of aromatic nitrogens is 3. The Morgan fingerprint density at radius 1 is 1.31 bits per heavy atom. The molecule has 1 atom stereocenters. The summed E-state index contributed by atoms with van der Waals surface area (Å²) in [6.07, 6.45) is 8.71. The fraction of sp³-hybridized carbons (Fsp3) is 0.304. The number of nitrogens with one attached hydrogen (secondary N) is 1. The van der Waals surface area contributed by atoms with Crippen molar-refractivity contribution in [1.29, 1.82) is 0 Å². The Hall–Kier alpha value is -3.10. The number of hydrogen-bond acceptors (Lipinski definition) is 6. The van der Waals surface area contributed by atoms with Gasteiger partial charge in [0, 0.05) is 29.1 Å². The zero-order valence-corrected chi connectivity index (χ0v) is 18.3. The molecule has 4 aromatic rings. The third kappa shape index (κ3) is 3.69. The molecule has 0 aliphatic carbocycles. The molecule has 3 N–H and O–H groups in total. The van der Waals surface area contributed by atoms with E-state index in [4.69, 9.17) is 26.5 Å². The van der Waals surface area contributed by atoms with Crippen LogP contribution in [0.3, 0.4) is 0 Å². The molecular formula is C23H23ClFN5O2. The Balaban J connectivity index is 1.48. The zero-order valence-electron chi connectivity index (χ0n) is 17.5. The maximum absolute atomic E-state index is 13.9. The smallest absolute Gasteiger partial charge is 0.205 e. The lowest BCUT2D eigenvalue weighted by molar-refractivity contribution is 0.227.